The minimum Gasteiger partial charge on any atom is -0.394 e. The highest BCUT2D eigenvalue weighted by Crippen LogP contribution is 2.29. The zero-order valence-corrected chi connectivity index (χ0v) is 13.8. The van der Waals surface area contributed by atoms with Crippen LogP contribution in [-0.4, -0.2) is 9.78 Å². The molecule has 0 unspecified atom stereocenters. The highest BCUT2D eigenvalue weighted by Gasteiger charge is 2.13. The lowest BCUT2D eigenvalue weighted by atomic mass is 10.1. The summed E-state index contributed by atoms with van der Waals surface area (Å²) in [6.45, 7) is 7.08. The van der Waals surface area contributed by atoms with Crippen LogP contribution in [0.4, 0.5) is 17.2 Å². The number of benzene rings is 1. The van der Waals surface area contributed by atoms with Gasteiger partial charge in [0.2, 0.25) is 0 Å². The topological polar surface area (TPSA) is 55.9 Å². The van der Waals surface area contributed by atoms with E-state index in [-0.39, 0.29) is 0 Å². The molecule has 0 bridgehead atoms. The van der Waals surface area contributed by atoms with E-state index in [9.17, 15) is 0 Å². The SMILES string of the molecule is CCCn1nc(C)c(N)c1Nc1ccc(Br)cc1CC. The minimum atomic E-state index is 0.725. The largest absolute Gasteiger partial charge is 0.394 e. The van der Waals surface area contributed by atoms with E-state index >= 15 is 0 Å². The van der Waals surface area contributed by atoms with Crippen molar-refractivity contribution < 1.29 is 0 Å². The van der Waals surface area contributed by atoms with Gasteiger partial charge >= 0.3 is 0 Å². The summed E-state index contributed by atoms with van der Waals surface area (Å²) in [7, 11) is 0. The third-order valence-electron chi connectivity index (χ3n) is 3.31. The van der Waals surface area contributed by atoms with Crippen molar-refractivity contribution in [1.82, 2.24) is 9.78 Å². The van der Waals surface area contributed by atoms with E-state index in [1.165, 1.54) is 5.56 Å². The number of hydrogen-bond acceptors (Lipinski definition) is 3. The van der Waals surface area contributed by atoms with Crippen LogP contribution in [0.2, 0.25) is 0 Å². The molecule has 3 N–H and O–H groups in total. The third kappa shape index (κ3) is 2.98. The molecule has 1 heterocycles. The van der Waals surface area contributed by atoms with Crippen LogP contribution in [0.15, 0.2) is 22.7 Å². The second kappa shape index (κ2) is 6.31. The second-order valence-corrected chi connectivity index (χ2v) is 5.77. The van der Waals surface area contributed by atoms with Crippen molar-refractivity contribution in [3.63, 3.8) is 0 Å². The predicted octanol–water partition coefficient (Wildman–Crippen LogP) is 4.25. The van der Waals surface area contributed by atoms with E-state index in [1.807, 2.05) is 17.7 Å². The number of nitrogens with two attached hydrogens (primary N) is 1. The lowest BCUT2D eigenvalue weighted by Crippen LogP contribution is -2.06. The fourth-order valence-corrected chi connectivity index (χ4v) is 2.61. The lowest BCUT2D eigenvalue weighted by Gasteiger charge is -2.13. The van der Waals surface area contributed by atoms with E-state index in [0.29, 0.717) is 0 Å². The number of nitrogens with zero attached hydrogens (tertiary/aromatic N) is 2. The van der Waals surface area contributed by atoms with E-state index in [2.05, 4.69) is 52.3 Å². The third-order valence-corrected chi connectivity index (χ3v) is 3.80. The number of nitrogens with one attached hydrogen (secondary N) is 1. The molecule has 0 saturated heterocycles. The Balaban J connectivity index is 2.39. The van der Waals surface area contributed by atoms with Crippen LogP contribution in [0.5, 0.6) is 0 Å². The summed E-state index contributed by atoms with van der Waals surface area (Å²) < 4.78 is 3.04. The Bertz CT molecular complexity index is 604. The first-order valence-corrected chi connectivity index (χ1v) is 7.74. The van der Waals surface area contributed by atoms with Gasteiger partial charge in [0.1, 0.15) is 0 Å². The summed E-state index contributed by atoms with van der Waals surface area (Å²) in [5.74, 6) is 0.890. The fraction of sp³-hybridized carbons (Fsp3) is 0.400. The maximum atomic E-state index is 6.15. The Morgan fingerprint density at radius 2 is 2.10 bits per heavy atom. The average molecular weight is 337 g/mol. The fourth-order valence-electron chi connectivity index (χ4n) is 2.21. The van der Waals surface area contributed by atoms with E-state index in [0.717, 1.165) is 46.7 Å². The van der Waals surface area contributed by atoms with Crippen LogP contribution < -0.4 is 11.1 Å². The number of hydrogen-bond donors (Lipinski definition) is 2. The molecule has 0 spiro atoms. The number of aryl methyl sites for hydroxylation is 3. The van der Waals surface area contributed by atoms with Crippen molar-refractivity contribution in [2.75, 3.05) is 11.1 Å². The molecule has 0 radical (unpaired) electrons. The second-order valence-electron chi connectivity index (χ2n) is 4.85. The molecule has 1 aromatic carbocycles. The van der Waals surface area contributed by atoms with Gasteiger partial charge in [0.05, 0.1) is 11.4 Å². The van der Waals surface area contributed by atoms with Gasteiger partial charge in [-0.1, -0.05) is 29.8 Å². The van der Waals surface area contributed by atoms with Crippen LogP contribution in [0.3, 0.4) is 0 Å². The predicted molar refractivity (Wildman–Crippen MR) is 88.5 cm³/mol. The van der Waals surface area contributed by atoms with Crippen LogP contribution in [0.25, 0.3) is 0 Å². The average Bonchev–Trinajstić information content (AvgIpc) is 2.69. The van der Waals surface area contributed by atoms with E-state index in [4.69, 9.17) is 5.73 Å². The molecule has 0 atom stereocenters. The van der Waals surface area contributed by atoms with Gasteiger partial charge in [-0.25, -0.2) is 4.68 Å². The van der Waals surface area contributed by atoms with Gasteiger partial charge < -0.3 is 11.1 Å². The zero-order chi connectivity index (χ0) is 14.7. The van der Waals surface area contributed by atoms with Gasteiger partial charge in [-0.3, -0.25) is 0 Å². The van der Waals surface area contributed by atoms with Crippen molar-refractivity contribution in [2.45, 2.75) is 40.2 Å². The first kappa shape index (κ1) is 14.9. The summed E-state index contributed by atoms with van der Waals surface area (Å²) >= 11 is 3.51. The summed E-state index contributed by atoms with van der Waals surface area (Å²) in [4.78, 5) is 0. The number of nitrogen functional groups attached to an aromatic ring is 1. The molecule has 0 amide bonds. The highest BCUT2D eigenvalue weighted by molar-refractivity contribution is 9.10. The van der Waals surface area contributed by atoms with Gasteiger partial charge in [-0.05, 0) is 43.5 Å². The van der Waals surface area contributed by atoms with Crippen LogP contribution in [0, 0.1) is 6.92 Å². The maximum Gasteiger partial charge on any atom is 0.152 e. The normalized spacial score (nSPS) is 10.8. The van der Waals surface area contributed by atoms with Crippen molar-refractivity contribution in [3.05, 3.63) is 33.9 Å². The maximum absolute atomic E-state index is 6.15. The Morgan fingerprint density at radius 1 is 1.35 bits per heavy atom. The van der Waals surface area contributed by atoms with E-state index in [1.54, 1.807) is 0 Å². The first-order chi connectivity index (χ1) is 9.56. The molecular weight excluding hydrogens is 316 g/mol. The molecule has 5 heteroatoms. The molecule has 0 aliphatic heterocycles. The summed E-state index contributed by atoms with van der Waals surface area (Å²) in [5, 5.41) is 7.94. The van der Waals surface area contributed by atoms with Crippen LogP contribution in [0.1, 0.15) is 31.5 Å². The minimum absolute atomic E-state index is 0.725. The molecular formula is C15H21BrN4. The smallest absolute Gasteiger partial charge is 0.152 e. The van der Waals surface area contributed by atoms with Gasteiger partial charge in [0, 0.05) is 16.7 Å². The molecule has 2 rings (SSSR count). The molecule has 0 aliphatic rings. The molecule has 2 aromatic rings. The molecule has 0 fully saturated rings. The number of halogens is 1. The van der Waals surface area contributed by atoms with Crippen molar-refractivity contribution in [1.29, 1.82) is 0 Å². The van der Waals surface area contributed by atoms with Gasteiger partial charge in [0.15, 0.2) is 5.82 Å². The van der Waals surface area contributed by atoms with Gasteiger partial charge in [0.25, 0.3) is 0 Å². The van der Waals surface area contributed by atoms with Gasteiger partial charge in [-0.15, -0.1) is 0 Å². The molecule has 108 valence electrons. The first-order valence-electron chi connectivity index (χ1n) is 6.95. The summed E-state index contributed by atoms with van der Waals surface area (Å²) in [6, 6.07) is 6.23. The number of rotatable bonds is 5. The Labute approximate surface area is 128 Å². The molecule has 20 heavy (non-hydrogen) atoms. The van der Waals surface area contributed by atoms with Crippen molar-refractivity contribution in [3.8, 4) is 0 Å². The Kier molecular flexibility index (Phi) is 4.70. The quantitative estimate of drug-likeness (QED) is 0.857. The highest BCUT2D eigenvalue weighted by atomic mass is 79.9. The van der Waals surface area contributed by atoms with Crippen molar-refractivity contribution in [2.24, 2.45) is 0 Å². The summed E-state index contributed by atoms with van der Waals surface area (Å²) in [6.07, 6.45) is 1.98. The van der Waals surface area contributed by atoms with Crippen LogP contribution >= 0.6 is 15.9 Å². The molecule has 1 aromatic heterocycles. The Hall–Kier alpha value is -1.49. The van der Waals surface area contributed by atoms with Crippen molar-refractivity contribution >= 4 is 33.1 Å². The van der Waals surface area contributed by atoms with Crippen LogP contribution in [-0.2, 0) is 13.0 Å². The Morgan fingerprint density at radius 3 is 2.75 bits per heavy atom. The molecule has 4 nitrogen and oxygen atoms in total. The molecule has 0 saturated carbocycles. The lowest BCUT2D eigenvalue weighted by molar-refractivity contribution is 0.605. The molecule has 0 aliphatic carbocycles. The van der Waals surface area contributed by atoms with E-state index < -0.39 is 0 Å². The standard InChI is InChI=1S/C15H21BrN4/c1-4-8-20-15(14(17)10(3)19-20)18-13-7-6-12(16)9-11(13)5-2/h6-7,9,18H,4-5,8,17H2,1-3H3. The monoisotopic (exact) mass is 336 g/mol. The number of anilines is 3. The van der Waals surface area contributed by atoms with Gasteiger partial charge in [-0.2, -0.15) is 5.10 Å². The summed E-state index contributed by atoms with van der Waals surface area (Å²) in [5.41, 5.74) is 10.1. The number of aromatic nitrogens is 2. The zero-order valence-electron chi connectivity index (χ0n) is 12.2.